The van der Waals surface area contributed by atoms with Crippen molar-refractivity contribution in [3.63, 3.8) is 0 Å². The lowest BCUT2D eigenvalue weighted by Gasteiger charge is -2.13. The fourth-order valence-electron chi connectivity index (χ4n) is 2.19. The van der Waals surface area contributed by atoms with Gasteiger partial charge in [-0.25, -0.2) is 13.1 Å². The number of nitrogens with one attached hydrogen (secondary N) is 1. The van der Waals surface area contributed by atoms with E-state index in [4.69, 9.17) is 9.47 Å². The number of benzene rings is 1. The van der Waals surface area contributed by atoms with Crippen LogP contribution in [0.2, 0.25) is 0 Å². The Kier molecular flexibility index (Phi) is 5.38. The van der Waals surface area contributed by atoms with Crippen molar-refractivity contribution >= 4 is 15.9 Å². The van der Waals surface area contributed by atoms with Crippen LogP contribution in [0.25, 0.3) is 0 Å². The molecule has 1 aromatic carbocycles. The van der Waals surface area contributed by atoms with Crippen LogP contribution in [-0.4, -0.2) is 39.8 Å². The standard InChI is InChI=1S/C14H16F3NO5S/c1-2-22-10-4-3-5-11(7-10)24(20,21)18-13(19)12-6-9(8-23-12)14(15,16)17/h3-5,7,9,12H,2,6,8H2,1H3,(H,18,19). The van der Waals surface area contributed by atoms with Crippen molar-refractivity contribution in [2.75, 3.05) is 13.2 Å². The van der Waals surface area contributed by atoms with Crippen LogP contribution < -0.4 is 9.46 Å². The first kappa shape index (κ1) is 18.5. The summed E-state index contributed by atoms with van der Waals surface area (Å²) in [5, 5.41) is 0. The molecule has 0 saturated carbocycles. The van der Waals surface area contributed by atoms with Crippen LogP contribution >= 0.6 is 0 Å². The van der Waals surface area contributed by atoms with Crippen LogP contribution in [0.1, 0.15) is 13.3 Å². The number of hydrogen-bond acceptors (Lipinski definition) is 5. The van der Waals surface area contributed by atoms with E-state index in [0.717, 1.165) is 0 Å². The molecule has 1 aliphatic heterocycles. The zero-order valence-corrected chi connectivity index (χ0v) is 13.5. The van der Waals surface area contributed by atoms with Crippen LogP contribution in [0.4, 0.5) is 13.2 Å². The Bertz CT molecular complexity index is 705. The minimum absolute atomic E-state index is 0.229. The average molecular weight is 367 g/mol. The highest BCUT2D eigenvalue weighted by atomic mass is 32.2. The van der Waals surface area contributed by atoms with Crippen molar-refractivity contribution in [3.05, 3.63) is 24.3 Å². The van der Waals surface area contributed by atoms with Gasteiger partial charge in [0.1, 0.15) is 11.9 Å². The van der Waals surface area contributed by atoms with Gasteiger partial charge in [0, 0.05) is 6.07 Å². The van der Waals surface area contributed by atoms with E-state index in [1.807, 2.05) is 0 Å². The van der Waals surface area contributed by atoms with Gasteiger partial charge in [-0.3, -0.25) is 4.79 Å². The molecular weight excluding hydrogens is 351 g/mol. The van der Waals surface area contributed by atoms with Gasteiger partial charge in [0.2, 0.25) is 0 Å². The highest BCUT2D eigenvalue weighted by molar-refractivity contribution is 7.90. The summed E-state index contributed by atoms with van der Waals surface area (Å²) in [4.78, 5) is 11.7. The molecule has 0 aliphatic carbocycles. The quantitative estimate of drug-likeness (QED) is 0.859. The normalized spacial score (nSPS) is 21.5. The highest BCUT2D eigenvalue weighted by Crippen LogP contribution is 2.35. The molecule has 6 nitrogen and oxygen atoms in total. The van der Waals surface area contributed by atoms with Gasteiger partial charge < -0.3 is 9.47 Å². The van der Waals surface area contributed by atoms with Crippen LogP contribution in [0, 0.1) is 5.92 Å². The van der Waals surface area contributed by atoms with E-state index in [2.05, 4.69) is 0 Å². The predicted octanol–water partition coefficient (Wildman–Crippen LogP) is 1.86. The monoisotopic (exact) mass is 367 g/mol. The number of carbonyl (C=O) groups is 1. The minimum atomic E-state index is -4.49. The number of carbonyl (C=O) groups excluding carboxylic acids is 1. The molecule has 1 N–H and O–H groups in total. The molecule has 0 bridgehead atoms. The maximum Gasteiger partial charge on any atom is 0.394 e. The van der Waals surface area contributed by atoms with Crippen molar-refractivity contribution in [2.45, 2.75) is 30.5 Å². The third-order valence-electron chi connectivity index (χ3n) is 3.41. The molecule has 1 saturated heterocycles. The van der Waals surface area contributed by atoms with Crippen molar-refractivity contribution in [2.24, 2.45) is 5.92 Å². The lowest BCUT2D eigenvalue weighted by molar-refractivity contribution is -0.173. The summed E-state index contributed by atoms with van der Waals surface area (Å²) in [5.41, 5.74) is 0. The average Bonchev–Trinajstić information content (AvgIpc) is 2.97. The first-order valence-corrected chi connectivity index (χ1v) is 8.59. The van der Waals surface area contributed by atoms with Crippen molar-refractivity contribution in [3.8, 4) is 5.75 Å². The van der Waals surface area contributed by atoms with Gasteiger partial charge in [0.05, 0.1) is 24.0 Å². The Balaban J connectivity index is 2.07. The smallest absolute Gasteiger partial charge is 0.394 e. The first-order valence-electron chi connectivity index (χ1n) is 7.11. The van der Waals surface area contributed by atoms with E-state index in [1.54, 1.807) is 17.7 Å². The van der Waals surface area contributed by atoms with Gasteiger partial charge in [-0.15, -0.1) is 0 Å². The largest absolute Gasteiger partial charge is 0.494 e. The molecule has 1 fully saturated rings. The lowest BCUT2D eigenvalue weighted by atomic mass is 10.1. The summed E-state index contributed by atoms with van der Waals surface area (Å²) >= 11 is 0. The van der Waals surface area contributed by atoms with Crippen molar-refractivity contribution in [1.82, 2.24) is 4.72 Å². The molecule has 24 heavy (non-hydrogen) atoms. The third-order valence-corrected chi connectivity index (χ3v) is 4.76. The van der Waals surface area contributed by atoms with Gasteiger partial charge in [-0.2, -0.15) is 13.2 Å². The Hall–Kier alpha value is -1.81. The number of alkyl halides is 3. The Morgan fingerprint density at radius 3 is 2.71 bits per heavy atom. The summed E-state index contributed by atoms with van der Waals surface area (Å²) in [6, 6.07) is 5.42. The second kappa shape index (κ2) is 6.98. The number of rotatable bonds is 5. The molecule has 2 unspecified atom stereocenters. The second-order valence-corrected chi connectivity index (χ2v) is 6.86. The molecule has 2 atom stereocenters. The van der Waals surface area contributed by atoms with E-state index in [9.17, 15) is 26.4 Å². The van der Waals surface area contributed by atoms with Crippen LogP contribution in [0.5, 0.6) is 5.75 Å². The summed E-state index contributed by atoms with van der Waals surface area (Å²) < 4.78 is 73.7. The van der Waals surface area contributed by atoms with Crippen molar-refractivity contribution in [1.29, 1.82) is 0 Å². The van der Waals surface area contributed by atoms with Crippen LogP contribution in [0.15, 0.2) is 29.2 Å². The molecule has 134 valence electrons. The van der Waals surface area contributed by atoms with Gasteiger partial charge in [-0.1, -0.05) is 6.07 Å². The van der Waals surface area contributed by atoms with Gasteiger partial charge in [0.25, 0.3) is 15.9 Å². The molecule has 1 amide bonds. The second-order valence-electron chi connectivity index (χ2n) is 5.17. The number of halogens is 3. The third kappa shape index (κ3) is 4.38. The number of ether oxygens (including phenoxy) is 2. The number of hydrogen-bond donors (Lipinski definition) is 1. The molecule has 1 aliphatic rings. The van der Waals surface area contributed by atoms with E-state index in [-0.39, 0.29) is 4.90 Å². The minimum Gasteiger partial charge on any atom is -0.494 e. The zero-order valence-electron chi connectivity index (χ0n) is 12.7. The zero-order chi connectivity index (χ0) is 18.0. The van der Waals surface area contributed by atoms with Crippen molar-refractivity contribution < 1.29 is 35.9 Å². The molecule has 0 aromatic heterocycles. The summed E-state index contributed by atoms with van der Waals surface area (Å²) in [7, 11) is -4.23. The molecule has 0 spiro atoms. The topological polar surface area (TPSA) is 81.7 Å². The van der Waals surface area contributed by atoms with E-state index < -0.39 is 47.2 Å². The Morgan fingerprint density at radius 2 is 2.12 bits per heavy atom. The fraction of sp³-hybridized carbons (Fsp3) is 0.500. The maximum absolute atomic E-state index is 12.6. The Morgan fingerprint density at radius 1 is 1.42 bits per heavy atom. The maximum atomic E-state index is 12.6. The molecule has 2 rings (SSSR count). The highest BCUT2D eigenvalue weighted by Gasteiger charge is 2.47. The summed E-state index contributed by atoms with van der Waals surface area (Å²) in [5.74, 6) is -2.61. The van der Waals surface area contributed by atoms with E-state index in [0.29, 0.717) is 12.4 Å². The Labute approximate surface area is 137 Å². The lowest BCUT2D eigenvalue weighted by Crippen LogP contribution is -2.38. The molecule has 1 heterocycles. The molecule has 10 heteroatoms. The summed E-state index contributed by atoms with van der Waals surface area (Å²) in [6.45, 7) is 1.38. The molecular formula is C14H16F3NO5S. The van der Waals surface area contributed by atoms with Crippen LogP contribution in [-0.2, 0) is 19.6 Å². The van der Waals surface area contributed by atoms with Gasteiger partial charge >= 0.3 is 6.18 Å². The molecule has 1 aromatic rings. The van der Waals surface area contributed by atoms with E-state index >= 15 is 0 Å². The summed E-state index contributed by atoms with van der Waals surface area (Å²) in [6.07, 6.45) is -6.55. The van der Waals surface area contributed by atoms with Gasteiger partial charge in [0.15, 0.2) is 0 Å². The molecule has 0 radical (unpaired) electrons. The first-order chi connectivity index (χ1) is 11.1. The van der Waals surface area contributed by atoms with Gasteiger partial charge in [-0.05, 0) is 25.5 Å². The SMILES string of the molecule is CCOc1cccc(S(=O)(=O)NC(=O)C2CC(C(F)(F)F)CO2)c1. The predicted molar refractivity (Wildman–Crippen MR) is 76.8 cm³/mol. The fourth-order valence-corrected chi connectivity index (χ4v) is 3.24. The number of sulfonamides is 1. The van der Waals surface area contributed by atoms with E-state index in [1.165, 1.54) is 18.2 Å². The van der Waals surface area contributed by atoms with Crippen LogP contribution in [0.3, 0.4) is 0 Å². The number of amides is 1.